The highest BCUT2D eigenvalue weighted by Gasteiger charge is 2.27. The molecule has 1 saturated heterocycles. The number of nitrogens with one attached hydrogen (secondary N) is 1. The second kappa shape index (κ2) is 8.87. The summed E-state index contributed by atoms with van der Waals surface area (Å²) in [7, 11) is 0. The lowest BCUT2D eigenvalue weighted by Gasteiger charge is -2.23. The number of carbonyl (C=O) groups is 1. The van der Waals surface area contributed by atoms with Crippen LogP contribution in [0.2, 0.25) is 0 Å². The van der Waals surface area contributed by atoms with Gasteiger partial charge in [0.25, 0.3) is 0 Å². The number of nitrogens with zero attached hydrogens (tertiary/aromatic N) is 4. The average molecular weight is 595 g/mol. The summed E-state index contributed by atoms with van der Waals surface area (Å²) in [6.45, 7) is 3.86. The van der Waals surface area contributed by atoms with Gasteiger partial charge in [-0.25, -0.2) is 9.97 Å². The molecule has 0 bridgehead atoms. The lowest BCUT2D eigenvalue weighted by molar-refractivity contribution is -0.123. The molecule has 0 unspecified atom stereocenters. The van der Waals surface area contributed by atoms with Gasteiger partial charge in [0.05, 0.1) is 28.5 Å². The minimum Gasteiger partial charge on any atom is -0.361 e. The summed E-state index contributed by atoms with van der Waals surface area (Å²) in [5, 5.41) is 10.2. The number of piperidine rings is 1. The number of fused-ring (bicyclic) bond motifs is 1. The Kier molecular flexibility index (Phi) is 5.68. The summed E-state index contributed by atoms with van der Waals surface area (Å²) < 4.78 is 8.67. The summed E-state index contributed by atoms with van der Waals surface area (Å²) in [5.74, 6) is 1.66. The van der Waals surface area contributed by atoms with Crippen molar-refractivity contribution >= 4 is 50.9 Å². The van der Waals surface area contributed by atoms with E-state index < -0.39 is 0 Å². The Labute approximate surface area is 219 Å². The SMILES string of the molecule is Cc1noc(C)c1-c1ccc2c(c1)nc([C@@H]1CCCC(=O)N1)n2-c1nc(-c2ccc(I)cc2)cs1. The number of hydrogen-bond donors (Lipinski definition) is 1. The number of imidazole rings is 1. The largest absolute Gasteiger partial charge is 0.361 e. The van der Waals surface area contributed by atoms with E-state index in [-0.39, 0.29) is 11.9 Å². The van der Waals surface area contributed by atoms with Crippen molar-refractivity contribution in [3.8, 4) is 27.5 Å². The monoisotopic (exact) mass is 595 g/mol. The van der Waals surface area contributed by atoms with Crippen molar-refractivity contribution in [1.29, 1.82) is 0 Å². The number of halogens is 1. The number of rotatable bonds is 4. The van der Waals surface area contributed by atoms with Crippen LogP contribution in [-0.4, -0.2) is 25.6 Å². The first-order chi connectivity index (χ1) is 17.0. The maximum Gasteiger partial charge on any atom is 0.220 e. The molecule has 2 aromatic carbocycles. The minimum absolute atomic E-state index is 0.0648. The van der Waals surface area contributed by atoms with Crippen LogP contribution in [0.15, 0.2) is 52.4 Å². The maximum atomic E-state index is 12.2. The third-order valence-electron chi connectivity index (χ3n) is 6.37. The molecule has 9 heteroatoms. The maximum absolute atomic E-state index is 12.2. The molecule has 1 aliphatic heterocycles. The van der Waals surface area contributed by atoms with E-state index in [4.69, 9.17) is 14.5 Å². The standard InChI is InChI=1S/C26H22IN5O2S/c1-14-24(15(2)34-31-14)17-8-11-22-20(12-17)29-25(19-4-3-5-23(33)28-19)32(22)26-30-21(13-35-26)16-6-9-18(27)10-7-16/h6-13,19H,3-5H2,1-2H3,(H,28,33)/t19-/m0/s1. The summed E-state index contributed by atoms with van der Waals surface area (Å²) in [5.41, 5.74) is 6.66. The van der Waals surface area contributed by atoms with Crippen molar-refractivity contribution in [2.24, 2.45) is 0 Å². The second-order valence-electron chi connectivity index (χ2n) is 8.74. The molecule has 0 aliphatic carbocycles. The predicted molar refractivity (Wildman–Crippen MR) is 145 cm³/mol. The Morgan fingerprint density at radius 3 is 2.66 bits per heavy atom. The number of carbonyl (C=O) groups excluding carboxylic acids is 1. The van der Waals surface area contributed by atoms with E-state index in [9.17, 15) is 4.79 Å². The van der Waals surface area contributed by atoms with E-state index >= 15 is 0 Å². The molecule has 5 aromatic rings. The highest BCUT2D eigenvalue weighted by molar-refractivity contribution is 14.1. The molecule has 1 atom stereocenters. The molecule has 1 fully saturated rings. The van der Waals surface area contributed by atoms with Gasteiger partial charge in [-0.15, -0.1) is 11.3 Å². The highest BCUT2D eigenvalue weighted by atomic mass is 127. The first kappa shape index (κ1) is 22.4. The van der Waals surface area contributed by atoms with E-state index in [1.54, 1.807) is 11.3 Å². The Morgan fingerprint density at radius 2 is 1.91 bits per heavy atom. The zero-order valence-corrected chi connectivity index (χ0v) is 22.2. The minimum atomic E-state index is -0.156. The summed E-state index contributed by atoms with van der Waals surface area (Å²) in [6.07, 6.45) is 2.25. The molecule has 0 radical (unpaired) electrons. The van der Waals surface area contributed by atoms with Crippen LogP contribution in [0.4, 0.5) is 0 Å². The first-order valence-corrected chi connectivity index (χ1v) is 13.4. The zero-order valence-electron chi connectivity index (χ0n) is 19.2. The van der Waals surface area contributed by atoms with Crippen molar-refractivity contribution in [1.82, 2.24) is 25.0 Å². The number of aromatic nitrogens is 4. The molecule has 0 spiro atoms. The van der Waals surface area contributed by atoms with Crippen LogP contribution in [0.3, 0.4) is 0 Å². The van der Waals surface area contributed by atoms with Crippen molar-refractivity contribution in [2.75, 3.05) is 0 Å². The summed E-state index contributed by atoms with van der Waals surface area (Å²) in [4.78, 5) is 22.2. The fourth-order valence-corrected chi connectivity index (χ4v) is 5.92. The van der Waals surface area contributed by atoms with Gasteiger partial charge in [-0.1, -0.05) is 23.4 Å². The van der Waals surface area contributed by atoms with E-state index in [0.29, 0.717) is 6.42 Å². The van der Waals surface area contributed by atoms with E-state index in [2.05, 4.69) is 85.5 Å². The third kappa shape index (κ3) is 4.06. The smallest absolute Gasteiger partial charge is 0.220 e. The van der Waals surface area contributed by atoms with Crippen LogP contribution < -0.4 is 5.32 Å². The first-order valence-electron chi connectivity index (χ1n) is 11.4. The fourth-order valence-electron chi connectivity index (χ4n) is 4.70. The van der Waals surface area contributed by atoms with Crippen LogP contribution in [0.25, 0.3) is 38.5 Å². The van der Waals surface area contributed by atoms with E-state index in [1.165, 1.54) is 3.57 Å². The molecular weight excluding hydrogens is 573 g/mol. The number of thiazole rings is 1. The second-order valence-corrected chi connectivity index (χ2v) is 10.8. The van der Waals surface area contributed by atoms with Gasteiger partial charge in [0.15, 0.2) is 5.13 Å². The van der Waals surface area contributed by atoms with E-state index in [1.807, 2.05) is 13.8 Å². The molecule has 1 aliphatic rings. The molecular formula is C26H22IN5O2S. The average Bonchev–Trinajstić information content (AvgIpc) is 3.56. The van der Waals surface area contributed by atoms with Gasteiger partial charge in [0.1, 0.15) is 11.6 Å². The van der Waals surface area contributed by atoms with Gasteiger partial charge in [0, 0.05) is 26.5 Å². The van der Waals surface area contributed by atoms with Gasteiger partial charge in [-0.2, -0.15) is 0 Å². The molecule has 6 rings (SSSR count). The molecule has 176 valence electrons. The summed E-state index contributed by atoms with van der Waals surface area (Å²) in [6, 6.07) is 14.4. The van der Waals surface area contributed by atoms with Gasteiger partial charge in [-0.3, -0.25) is 9.36 Å². The topological polar surface area (TPSA) is 85.8 Å². The van der Waals surface area contributed by atoms with Crippen molar-refractivity contribution in [3.63, 3.8) is 0 Å². The van der Waals surface area contributed by atoms with Gasteiger partial charge in [-0.05, 0) is 79.1 Å². The van der Waals surface area contributed by atoms with Crippen LogP contribution in [0.5, 0.6) is 0 Å². The Bertz CT molecular complexity index is 1550. The van der Waals surface area contributed by atoms with Gasteiger partial charge in [0.2, 0.25) is 5.91 Å². The molecule has 7 nitrogen and oxygen atoms in total. The molecule has 3 aromatic heterocycles. The van der Waals surface area contributed by atoms with Crippen LogP contribution >= 0.6 is 33.9 Å². The molecule has 4 heterocycles. The molecule has 0 saturated carbocycles. The third-order valence-corrected chi connectivity index (χ3v) is 7.91. The lowest BCUT2D eigenvalue weighted by Crippen LogP contribution is -2.34. The van der Waals surface area contributed by atoms with Crippen molar-refractivity contribution in [3.05, 3.63) is 68.7 Å². The van der Waals surface area contributed by atoms with Crippen LogP contribution in [0.1, 0.15) is 42.6 Å². The van der Waals surface area contributed by atoms with Gasteiger partial charge >= 0.3 is 0 Å². The quantitative estimate of drug-likeness (QED) is 0.244. The van der Waals surface area contributed by atoms with Crippen LogP contribution in [-0.2, 0) is 4.79 Å². The normalized spacial score (nSPS) is 16.1. The predicted octanol–water partition coefficient (Wildman–Crippen LogP) is 6.37. The number of benzene rings is 2. The molecule has 1 amide bonds. The van der Waals surface area contributed by atoms with E-state index in [0.717, 1.165) is 68.7 Å². The Balaban J connectivity index is 1.50. The van der Waals surface area contributed by atoms with Crippen LogP contribution in [0, 0.1) is 17.4 Å². The number of amides is 1. The zero-order chi connectivity index (χ0) is 24.1. The number of hydrogen-bond acceptors (Lipinski definition) is 6. The Hall–Kier alpha value is -3.05. The van der Waals surface area contributed by atoms with Gasteiger partial charge < -0.3 is 9.84 Å². The summed E-state index contributed by atoms with van der Waals surface area (Å²) >= 11 is 3.88. The van der Waals surface area contributed by atoms with Crippen molar-refractivity contribution in [2.45, 2.75) is 39.2 Å². The molecule has 1 N–H and O–H groups in total. The highest BCUT2D eigenvalue weighted by Crippen LogP contribution is 2.35. The molecule has 35 heavy (non-hydrogen) atoms. The Morgan fingerprint density at radius 1 is 1.11 bits per heavy atom. The lowest BCUT2D eigenvalue weighted by atomic mass is 10.0. The number of aryl methyl sites for hydroxylation is 2. The van der Waals surface area contributed by atoms with Crippen molar-refractivity contribution < 1.29 is 9.32 Å². The fraction of sp³-hybridized carbons (Fsp3) is 0.231.